The van der Waals surface area contributed by atoms with Crippen LogP contribution in [0, 0.1) is 6.92 Å². The second kappa shape index (κ2) is 5.49. The third-order valence-corrected chi connectivity index (χ3v) is 3.65. The molecule has 0 aliphatic carbocycles. The largest absolute Gasteiger partial charge is 0.478 e. The first-order chi connectivity index (χ1) is 9.49. The Bertz CT molecular complexity index is 729. The van der Waals surface area contributed by atoms with E-state index in [-0.39, 0.29) is 11.0 Å². The van der Waals surface area contributed by atoms with Gasteiger partial charge in [0.25, 0.3) is 0 Å². The molecule has 0 aliphatic heterocycles. The second-order valence-electron chi connectivity index (χ2n) is 5.02. The summed E-state index contributed by atoms with van der Waals surface area (Å²) in [6.07, 6.45) is 2.40. The number of nitrogens with one attached hydrogen (secondary N) is 1. The zero-order valence-corrected chi connectivity index (χ0v) is 12.0. The fourth-order valence-corrected chi connectivity index (χ4v) is 2.56. The summed E-state index contributed by atoms with van der Waals surface area (Å²) < 4.78 is 0. The fraction of sp³-hybridized carbons (Fsp3) is 0.375. The lowest BCUT2D eigenvalue weighted by Crippen LogP contribution is -2.13. The highest BCUT2D eigenvalue weighted by atomic mass is 16.4. The minimum Gasteiger partial charge on any atom is -0.478 e. The van der Waals surface area contributed by atoms with Crippen molar-refractivity contribution in [3.63, 3.8) is 0 Å². The lowest BCUT2D eigenvalue weighted by atomic mass is 9.99. The van der Waals surface area contributed by atoms with E-state index in [0.717, 1.165) is 36.0 Å². The van der Waals surface area contributed by atoms with Gasteiger partial charge in [0, 0.05) is 16.6 Å². The van der Waals surface area contributed by atoms with Gasteiger partial charge in [-0.25, -0.2) is 4.79 Å². The summed E-state index contributed by atoms with van der Waals surface area (Å²) in [4.78, 5) is 26.9. The van der Waals surface area contributed by atoms with E-state index < -0.39 is 5.97 Å². The van der Waals surface area contributed by atoms with Gasteiger partial charge in [-0.15, -0.1) is 0 Å². The van der Waals surface area contributed by atoms with Gasteiger partial charge in [-0.1, -0.05) is 20.3 Å². The van der Waals surface area contributed by atoms with Crippen molar-refractivity contribution in [1.29, 1.82) is 0 Å². The van der Waals surface area contributed by atoms with Gasteiger partial charge in [0.2, 0.25) is 0 Å². The van der Waals surface area contributed by atoms with Crippen LogP contribution in [0.4, 0.5) is 0 Å². The minimum absolute atomic E-state index is 0.0731. The van der Waals surface area contributed by atoms with E-state index in [9.17, 15) is 14.7 Å². The van der Waals surface area contributed by atoms with Crippen molar-refractivity contribution >= 4 is 16.9 Å². The molecule has 0 radical (unpaired) electrons. The number of benzene rings is 1. The molecule has 106 valence electrons. The first-order valence-corrected chi connectivity index (χ1v) is 6.91. The summed E-state index contributed by atoms with van der Waals surface area (Å²) in [7, 11) is 0. The Kier molecular flexibility index (Phi) is 3.93. The Morgan fingerprint density at radius 2 is 2.00 bits per heavy atom. The van der Waals surface area contributed by atoms with E-state index in [0.29, 0.717) is 10.9 Å². The molecule has 1 aromatic carbocycles. The zero-order valence-electron chi connectivity index (χ0n) is 12.0. The topological polar surface area (TPSA) is 70.2 Å². The molecular formula is C16H19NO3. The molecule has 0 saturated carbocycles. The van der Waals surface area contributed by atoms with Crippen molar-refractivity contribution in [2.24, 2.45) is 0 Å². The molecular weight excluding hydrogens is 254 g/mol. The number of rotatable bonds is 4. The normalized spacial score (nSPS) is 10.9. The first-order valence-electron chi connectivity index (χ1n) is 6.91. The molecule has 0 aliphatic rings. The van der Waals surface area contributed by atoms with E-state index >= 15 is 0 Å². The molecule has 2 rings (SSSR count). The third kappa shape index (κ3) is 2.33. The van der Waals surface area contributed by atoms with Gasteiger partial charge in [-0.05, 0) is 37.5 Å². The molecule has 1 aromatic heterocycles. The van der Waals surface area contributed by atoms with Gasteiger partial charge < -0.3 is 10.1 Å². The van der Waals surface area contributed by atoms with Crippen LogP contribution in [-0.4, -0.2) is 16.1 Å². The summed E-state index contributed by atoms with van der Waals surface area (Å²) in [6.45, 7) is 5.81. The van der Waals surface area contributed by atoms with Crippen molar-refractivity contribution in [2.75, 3.05) is 0 Å². The average Bonchev–Trinajstić information content (AvgIpc) is 2.43. The third-order valence-electron chi connectivity index (χ3n) is 3.65. The highest BCUT2D eigenvalue weighted by Crippen LogP contribution is 2.20. The molecule has 0 bridgehead atoms. The van der Waals surface area contributed by atoms with Gasteiger partial charge in [0.05, 0.1) is 11.1 Å². The van der Waals surface area contributed by atoms with E-state index in [1.165, 1.54) is 6.07 Å². The SMILES string of the molecule is CCCc1cc(C(=O)O)cc2c(=O)c(C)c(CC)[nH]c12. The molecule has 0 unspecified atom stereocenters. The van der Waals surface area contributed by atoms with Gasteiger partial charge >= 0.3 is 5.97 Å². The molecule has 0 spiro atoms. The Hall–Kier alpha value is -2.10. The van der Waals surface area contributed by atoms with Crippen LogP contribution in [0.25, 0.3) is 10.9 Å². The monoisotopic (exact) mass is 273 g/mol. The molecule has 0 fully saturated rings. The number of aromatic nitrogens is 1. The lowest BCUT2D eigenvalue weighted by Gasteiger charge is -2.11. The van der Waals surface area contributed by atoms with Crippen molar-refractivity contribution in [1.82, 2.24) is 4.98 Å². The Morgan fingerprint density at radius 1 is 1.30 bits per heavy atom. The molecule has 0 atom stereocenters. The number of carboxylic acid groups (broad SMARTS) is 1. The van der Waals surface area contributed by atoms with Crippen LogP contribution in [0.15, 0.2) is 16.9 Å². The molecule has 4 heteroatoms. The van der Waals surface area contributed by atoms with Crippen LogP contribution in [0.1, 0.15) is 47.4 Å². The maximum Gasteiger partial charge on any atom is 0.335 e. The number of fused-ring (bicyclic) bond motifs is 1. The number of carbonyl (C=O) groups is 1. The molecule has 2 aromatic rings. The van der Waals surface area contributed by atoms with E-state index in [1.807, 2.05) is 13.8 Å². The summed E-state index contributed by atoms with van der Waals surface area (Å²) >= 11 is 0. The lowest BCUT2D eigenvalue weighted by molar-refractivity contribution is 0.0697. The van der Waals surface area contributed by atoms with Crippen LogP contribution < -0.4 is 5.43 Å². The van der Waals surface area contributed by atoms with E-state index in [1.54, 1.807) is 13.0 Å². The van der Waals surface area contributed by atoms with Crippen LogP contribution in [0.3, 0.4) is 0 Å². The van der Waals surface area contributed by atoms with Gasteiger partial charge in [-0.3, -0.25) is 4.79 Å². The summed E-state index contributed by atoms with van der Waals surface area (Å²) in [5, 5.41) is 9.66. The number of pyridine rings is 1. The molecule has 0 amide bonds. The highest BCUT2D eigenvalue weighted by Gasteiger charge is 2.14. The number of hydrogen-bond acceptors (Lipinski definition) is 2. The number of hydrogen-bond donors (Lipinski definition) is 2. The summed E-state index contributed by atoms with van der Waals surface area (Å²) in [6, 6.07) is 3.14. The Balaban J connectivity index is 2.90. The van der Waals surface area contributed by atoms with Crippen molar-refractivity contribution in [3.8, 4) is 0 Å². The highest BCUT2D eigenvalue weighted by molar-refractivity contribution is 5.95. The minimum atomic E-state index is -0.999. The Labute approximate surface area is 117 Å². The van der Waals surface area contributed by atoms with E-state index in [2.05, 4.69) is 4.98 Å². The van der Waals surface area contributed by atoms with Crippen LogP contribution in [0.2, 0.25) is 0 Å². The van der Waals surface area contributed by atoms with Gasteiger partial charge in [0.1, 0.15) is 0 Å². The number of aryl methyl sites for hydroxylation is 2. The van der Waals surface area contributed by atoms with E-state index in [4.69, 9.17) is 0 Å². The summed E-state index contributed by atoms with van der Waals surface area (Å²) in [5.41, 5.74) is 3.37. The molecule has 2 N–H and O–H groups in total. The van der Waals surface area contributed by atoms with Crippen LogP contribution in [0.5, 0.6) is 0 Å². The molecule has 4 nitrogen and oxygen atoms in total. The van der Waals surface area contributed by atoms with Crippen molar-refractivity contribution in [3.05, 3.63) is 44.7 Å². The maximum atomic E-state index is 12.4. The first kappa shape index (κ1) is 14.3. The molecule has 20 heavy (non-hydrogen) atoms. The predicted molar refractivity (Wildman–Crippen MR) is 79.6 cm³/mol. The Morgan fingerprint density at radius 3 is 2.55 bits per heavy atom. The quantitative estimate of drug-likeness (QED) is 0.899. The second-order valence-corrected chi connectivity index (χ2v) is 5.02. The molecule has 1 heterocycles. The van der Waals surface area contributed by atoms with Crippen LogP contribution >= 0.6 is 0 Å². The van der Waals surface area contributed by atoms with Crippen LogP contribution in [-0.2, 0) is 12.8 Å². The zero-order chi connectivity index (χ0) is 14.9. The standard InChI is InChI=1S/C16H19NO3/c1-4-6-10-7-11(16(19)20)8-12-14(10)17-13(5-2)9(3)15(12)18/h7-8H,4-6H2,1-3H3,(H,17,18)(H,19,20). The average molecular weight is 273 g/mol. The number of aromatic carboxylic acids is 1. The van der Waals surface area contributed by atoms with Gasteiger partial charge in [-0.2, -0.15) is 0 Å². The predicted octanol–water partition coefficient (Wildman–Crippen LogP) is 3.05. The van der Waals surface area contributed by atoms with Crippen molar-refractivity contribution in [2.45, 2.75) is 40.0 Å². The molecule has 0 saturated heterocycles. The maximum absolute atomic E-state index is 12.4. The summed E-state index contributed by atoms with van der Waals surface area (Å²) in [5.74, 6) is -0.999. The number of H-pyrrole nitrogens is 1. The smallest absolute Gasteiger partial charge is 0.335 e. The van der Waals surface area contributed by atoms with Gasteiger partial charge in [0.15, 0.2) is 5.43 Å². The fourth-order valence-electron chi connectivity index (χ4n) is 2.56. The number of aromatic amines is 1. The number of carboxylic acids is 1. The van der Waals surface area contributed by atoms with Crippen molar-refractivity contribution < 1.29 is 9.90 Å².